The summed E-state index contributed by atoms with van der Waals surface area (Å²) in [5.41, 5.74) is 8.14. The number of methoxy groups -OCH3 is 1. The van der Waals surface area contributed by atoms with E-state index in [0.29, 0.717) is 33.7 Å². The maximum atomic E-state index is 12.8. The van der Waals surface area contributed by atoms with Gasteiger partial charge >= 0.3 is 0 Å². The van der Waals surface area contributed by atoms with Crippen LogP contribution in [0.3, 0.4) is 0 Å². The van der Waals surface area contributed by atoms with Crippen molar-refractivity contribution in [3.8, 4) is 28.8 Å². The van der Waals surface area contributed by atoms with Gasteiger partial charge in [-0.05, 0) is 30.3 Å². The number of ether oxygens (including phenoxy) is 1. The van der Waals surface area contributed by atoms with E-state index < -0.39 is 5.91 Å². The molecular weight excluding hydrogens is 434 g/mol. The lowest BCUT2D eigenvalue weighted by molar-refractivity contribution is -0.114. The number of aromatic hydroxyl groups is 1. The minimum atomic E-state index is -0.500. The number of phenolic OH excluding ortho intramolecular Hbond substituents is 1. The molecule has 0 radical (unpaired) electrons. The summed E-state index contributed by atoms with van der Waals surface area (Å²) in [6.07, 6.45) is 1.34. The van der Waals surface area contributed by atoms with Crippen LogP contribution in [0.5, 0.6) is 11.5 Å². The smallest absolute Gasteiger partial charge is 0.268 e. The molecule has 0 spiro atoms. The first kappa shape index (κ1) is 22.3. The molecular formula is C24H21N7O3. The van der Waals surface area contributed by atoms with E-state index in [-0.39, 0.29) is 30.2 Å². The normalized spacial score (nSPS) is 10.6. The Morgan fingerprint density at radius 1 is 1.26 bits per heavy atom. The molecule has 4 rings (SSSR count). The Balaban J connectivity index is 1.74. The number of nitrogens with zero attached hydrogens (tertiary/aromatic N) is 6. The molecule has 0 bridgehead atoms. The van der Waals surface area contributed by atoms with Crippen molar-refractivity contribution >= 4 is 28.4 Å². The molecule has 0 aliphatic heterocycles. The number of para-hydroxylation sites is 1. The summed E-state index contributed by atoms with van der Waals surface area (Å²) in [6.45, 7) is 3.99. The monoisotopic (exact) mass is 455 g/mol. The molecule has 2 aromatic carbocycles. The number of hydrogen-bond donors (Lipinski definition) is 2. The van der Waals surface area contributed by atoms with Crippen LogP contribution in [0.25, 0.3) is 22.3 Å². The molecule has 1 amide bonds. The van der Waals surface area contributed by atoms with E-state index in [1.54, 1.807) is 41.1 Å². The van der Waals surface area contributed by atoms with Crippen LogP contribution in [-0.4, -0.2) is 44.4 Å². The van der Waals surface area contributed by atoms with E-state index in [9.17, 15) is 15.2 Å². The summed E-state index contributed by atoms with van der Waals surface area (Å²) in [7, 11) is 1.46. The quantitative estimate of drug-likeness (QED) is 0.320. The molecule has 0 saturated heterocycles. The number of carbonyl (C=O) groups is 1. The van der Waals surface area contributed by atoms with Gasteiger partial charge in [-0.2, -0.15) is 10.4 Å². The zero-order chi connectivity index (χ0) is 24.2. The van der Waals surface area contributed by atoms with E-state index in [2.05, 4.69) is 21.6 Å². The minimum Gasteiger partial charge on any atom is -0.504 e. The lowest BCUT2D eigenvalue weighted by atomic mass is 10.1. The van der Waals surface area contributed by atoms with Crippen molar-refractivity contribution < 1.29 is 14.6 Å². The van der Waals surface area contributed by atoms with Crippen LogP contribution in [0.15, 0.2) is 67.0 Å². The maximum Gasteiger partial charge on any atom is 0.268 e. The van der Waals surface area contributed by atoms with E-state index >= 15 is 0 Å². The van der Waals surface area contributed by atoms with Crippen molar-refractivity contribution in [3.05, 3.63) is 67.0 Å². The van der Waals surface area contributed by atoms with Crippen molar-refractivity contribution in [2.45, 2.75) is 6.54 Å². The molecule has 2 heterocycles. The fourth-order valence-corrected chi connectivity index (χ4v) is 3.59. The number of aromatic nitrogens is 4. The molecule has 0 atom stereocenters. The summed E-state index contributed by atoms with van der Waals surface area (Å²) < 4.78 is 6.73. The highest BCUT2D eigenvalue weighted by atomic mass is 16.5. The molecule has 0 aliphatic carbocycles. The predicted octanol–water partition coefficient (Wildman–Crippen LogP) is 2.90. The SMILES string of the molecule is C=C(C#N)C(=O)N(CCn1nc(-c2ccc(OC)c(O)c2)c2c(N)ncnc21)c1ccccc1. The summed E-state index contributed by atoms with van der Waals surface area (Å²) in [4.78, 5) is 22.7. The molecule has 170 valence electrons. The van der Waals surface area contributed by atoms with Crippen molar-refractivity contribution in [1.29, 1.82) is 5.26 Å². The molecule has 2 aromatic heterocycles. The average molecular weight is 455 g/mol. The van der Waals surface area contributed by atoms with Crippen LogP contribution in [0, 0.1) is 11.3 Å². The minimum absolute atomic E-state index is 0.0472. The highest BCUT2D eigenvalue weighted by Gasteiger charge is 2.22. The number of nitrogen functional groups attached to an aromatic ring is 1. The van der Waals surface area contributed by atoms with Gasteiger partial charge in [-0.1, -0.05) is 24.8 Å². The number of benzene rings is 2. The molecule has 3 N–H and O–H groups in total. The van der Waals surface area contributed by atoms with Gasteiger partial charge in [0, 0.05) is 17.8 Å². The number of rotatable bonds is 7. The van der Waals surface area contributed by atoms with Gasteiger partial charge in [0.2, 0.25) is 0 Å². The second-order valence-electron chi connectivity index (χ2n) is 7.30. The molecule has 4 aromatic rings. The van der Waals surface area contributed by atoms with Crippen molar-refractivity contribution in [1.82, 2.24) is 19.7 Å². The molecule has 10 nitrogen and oxygen atoms in total. The first-order valence-electron chi connectivity index (χ1n) is 10.2. The number of phenols is 1. The largest absolute Gasteiger partial charge is 0.504 e. The number of nitriles is 1. The lowest BCUT2D eigenvalue weighted by Crippen LogP contribution is -2.34. The van der Waals surface area contributed by atoms with Gasteiger partial charge in [0.25, 0.3) is 5.91 Å². The number of amides is 1. The molecule has 34 heavy (non-hydrogen) atoms. The lowest BCUT2D eigenvalue weighted by Gasteiger charge is -2.22. The average Bonchev–Trinajstić information content (AvgIpc) is 3.24. The highest BCUT2D eigenvalue weighted by molar-refractivity contribution is 6.07. The van der Waals surface area contributed by atoms with E-state index in [0.717, 1.165) is 0 Å². The third-order valence-electron chi connectivity index (χ3n) is 5.25. The maximum absolute atomic E-state index is 12.8. The van der Waals surface area contributed by atoms with Crippen molar-refractivity contribution in [2.75, 3.05) is 24.3 Å². The standard InChI is InChI=1S/C24H21N7O3/c1-15(13-25)24(33)30(17-6-4-3-5-7-17)10-11-31-23-20(22(26)27-14-28-23)21(29-31)16-8-9-19(34-2)18(32)12-16/h3-9,12,14,32H,1,10-11H2,2H3,(H2,26,27,28). The predicted molar refractivity (Wildman–Crippen MR) is 127 cm³/mol. The Hall–Kier alpha value is -4.91. The fraction of sp³-hybridized carbons (Fsp3) is 0.125. The van der Waals surface area contributed by atoms with E-state index in [1.807, 2.05) is 12.1 Å². The number of hydrogen-bond acceptors (Lipinski definition) is 8. The highest BCUT2D eigenvalue weighted by Crippen LogP contribution is 2.35. The Morgan fingerprint density at radius 2 is 2.03 bits per heavy atom. The Kier molecular flexibility index (Phi) is 6.09. The van der Waals surface area contributed by atoms with Gasteiger partial charge in [-0.15, -0.1) is 0 Å². The molecule has 0 fully saturated rings. The van der Waals surface area contributed by atoms with Crippen LogP contribution in [0.2, 0.25) is 0 Å². The first-order valence-corrected chi connectivity index (χ1v) is 10.2. The van der Waals surface area contributed by atoms with Crippen LogP contribution >= 0.6 is 0 Å². The fourth-order valence-electron chi connectivity index (χ4n) is 3.59. The van der Waals surface area contributed by atoms with Crippen LogP contribution in [-0.2, 0) is 11.3 Å². The molecule has 10 heteroatoms. The number of fused-ring (bicyclic) bond motifs is 1. The third-order valence-corrected chi connectivity index (χ3v) is 5.25. The third kappa shape index (κ3) is 4.10. The van der Waals surface area contributed by atoms with Gasteiger partial charge in [-0.3, -0.25) is 4.79 Å². The van der Waals surface area contributed by atoms with Crippen LogP contribution < -0.4 is 15.4 Å². The van der Waals surface area contributed by atoms with Crippen molar-refractivity contribution in [2.24, 2.45) is 0 Å². The Bertz CT molecular complexity index is 1420. The number of nitrogens with two attached hydrogens (primary N) is 1. The zero-order valence-electron chi connectivity index (χ0n) is 18.3. The van der Waals surface area contributed by atoms with Gasteiger partial charge in [0.15, 0.2) is 17.1 Å². The van der Waals surface area contributed by atoms with Crippen molar-refractivity contribution in [3.63, 3.8) is 0 Å². The first-order chi connectivity index (χ1) is 16.4. The Morgan fingerprint density at radius 3 is 2.71 bits per heavy atom. The van der Waals surface area contributed by atoms with E-state index in [4.69, 9.17) is 10.5 Å². The summed E-state index contributed by atoms with van der Waals surface area (Å²) >= 11 is 0. The van der Waals surface area contributed by atoms with Crippen LogP contribution in [0.1, 0.15) is 0 Å². The zero-order valence-corrected chi connectivity index (χ0v) is 18.3. The number of carbonyl (C=O) groups excluding carboxylic acids is 1. The molecule has 0 unspecified atom stereocenters. The van der Waals surface area contributed by atoms with E-state index in [1.165, 1.54) is 24.4 Å². The van der Waals surface area contributed by atoms with Crippen LogP contribution in [0.4, 0.5) is 11.5 Å². The summed E-state index contributed by atoms with van der Waals surface area (Å²) in [5.74, 6) is 0.00967. The second-order valence-corrected chi connectivity index (χ2v) is 7.30. The number of anilines is 2. The van der Waals surface area contributed by atoms with Gasteiger partial charge in [0.05, 0.1) is 19.0 Å². The molecule has 0 saturated carbocycles. The summed E-state index contributed by atoms with van der Waals surface area (Å²) in [6, 6.07) is 15.7. The second kappa shape index (κ2) is 9.30. The molecule has 0 aliphatic rings. The summed E-state index contributed by atoms with van der Waals surface area (Å²) in [5, 5.41) is 24.6. The van der Waals surface area contributed by atoms with Gasteiger partial charge in [0.1, 0.15) is 29.5 Å². The topological polar surface area (TPSA) is 143 Å². The van der Waals surface area contributed by atoms with Gasteiger partial charge < -0.3 is 20.5 Å². The Labute approximate surface area is 195 Å². The van der Waals surface area contributed by atoms with Gasteiger partial charge in [-0.25, -0.2) is 14.6 Å².